The van der Waals surface area contributed by atoms with Crippen LogP contribution in [-0.4, -0.2) is 25.7 Å². The van der Waals surface area contributed by atoms with E-state index in [1.165, 1.54) is 0 Å². The molecule has 1 aromatic carbocycles. The van der Waals surface area contributed by atoms with Crippen molar-refractivity contribution in [2.45, 2.75) is 45.2 Å². The summed E-state index contributed by atoms with van der Waals surface area (Å²) >= 11 is 0. The van der Waals surface area contributed by atoms with Crippen molar-refractivity contribution in [3.63, 3.8) is 0 Å². The lowest BCUT2D eigenvalue weighted by atomic mass is 9.85. The number of rotatable bonds is 6. The van der Waals surface area contributed by atoms with Crippen LogP contribution in [0.15, 0.2) is 18.2 Å². The fourth-order valence-electron chi connectivity index (χ4n) is 2.90. The summed E-state index contributed by atoms with van der Waals surface area (Å²) in [6.07, 6.45) is 3.79. The van der Waals surface area contributed by atoms with Crippen molar-refractivity contribution in [2.75, 3.05) is 13.7 Å². The lowest BCUT2D eigenvalue weighted by Crippen LogP contribution is -2.37. The molecule has 5 nitrogen and oxygen atoms in total. The highest BCUT2D eigenvalue weighted by molar-refractivity contribution is 5.85. The summed E-state index contributed by atoms with van der Waals surface area (Å²) in [5.74, 6) is 1.56. The Kier molecular flexibility index (Phi) is 8.20. The first-order valence-electron chi connectivity index (χ1n) is 7.97. The summed E-state index contributed by atoms with van der Waals surface area (Å²) in [7, 11) is 1.61. The summed E-state index contributed by atoms with van der Waals surface area (Å²) in [6, 6.07) is 5.88. The molecule has 0 heterocycles. The number of halogens is 1. The second-order valence-electron chi connectivity index (χ2n) is 5.76. The number of nitrogens with one attached hydrogen (secondary N) is 1. The van der Waals surface area contributed by atoms with Gasteiger partial charge in [0, 0.05) is 18.5 Å². The third-order valence-corrected chi connectivity index (χ3v) is 4.08. The highest BCUT2D eigenvalue weighted by Crippen LogP contribution is 2.28. The predicted molar refractivity (Wildman–Crippen MR) is 93.2 cm³/mol. The van der Waals surface area contributed by atoms with E-state index in [0.717, 1.165) is 37.0 Å². The van der Waals surface area contributed by atoms with E-state index in [0.29, 0.717) is 18.9 Å². The molecule has 23 heavy (non-hydrogen) atoms. The Balaban J connectivity index is 0.00000264. The Morgan fingerprint density at radius 2 is 2.13 bits per heavy atom. The van der Waals surface area contributed by atoms with Gasteiger partial charge in [0.2, 0.25) is 5.91 Å². The van der Waals surface area contributed by atoms with Crippen LogP contribution in [0, 0.1) is 5.92 Å². The fourth-order valence-corrected chi connectivity index (χ4v) is 2.90. The molecule has 0 spiro atoms. The van der Waals surface area contributed by atoms with E-state index in [1.54, 1.807) is 7.11 Å². The van der Waals surface area contributed by atoms with Gasteiger partial charge in [-0.15, -0.1) is 12.4 Å². The number of amides is 1. The van der Waals surface area contributed by atoms with E-state index >= 15 is 0 Å². The molecule has 2 rings (SSSR count). The van der Waals surface area contributed by atoms with Gasteiger partial charge in [-0.1, -0.05) is 12.5 Å². The molecule has 0 radical (unpaired) electrons. The van der Waals surface area contributed by atoms with Crippen LogP contribution >= 0.6 is 12.4 Å². The smallest absolute Gasteiger partial charge is 0.223 e. The highest BCUT2D eigenvalue weighted by Gasteiger charge is 2.25. The standard InChI is InChI=1S/C17H26N2O3.ClH/c1-3-22-15-8-7-12(9-16(15)21-2)11-19-17(20)13-5-4-6-14(18)10-13;/h7-9,13-14H,3-6,10-11,18H2,1-2H3,(H,19,20);1H. The Bertz CT molecular complexity index is 511. The summed E-state index contributed by atoms with van der Waals surface area (Å²) in [4.78, 5) is 12.2. The van der Waals surface area contributed by atoms with E-state index in [-0.39, 0.29) is 30.3 Å². The van der Waals surface area contributed by atoms with Crippen molar-refractivity contribution in [3.05, 3.63) is 23.8 Å². The maximum Gasteiger partial charge on any atom is 0.223 e. The molecule has 1 aromatic rings. The van der Waals surface area contributed by atoms with Crippen molar-refractivity contribution in [3.8, 4) is 11.5 Å². The third-order valence-electron chi connectivity index (χ3n) is 4.08. The Morgan fingerprint density at radius 3 is 2.78 bits per heavy atom. The maximum atomic E-state index is 12.2. The molecule has 0 bridgehead atoms. The largest absolute Gasteiger partial charge is 0.493 e. The number of hydrogen-bond donors (Lipinski definition) is 2. The number of carbonyl (C=O) groups excluding carboxylic acids is 1. The van der Waals surface area contributed by atoms with Gasteiger partial charge in [0.05, 0.1) is 13.7 Å². The van der Waals surface area contributed by atoms with Gasteiger partial charge >= 0.3 is 0 Å². The molecule has 1 saturated carbocycles. The normalized spacial score (nSPS) is 20.3. The van der Waals surface area contributed by atoms with Crippen molar-refractivity contribution < 1.29 is 14.3 Å². The number of ether oxygens (including phenoxy) is 2. The molecule has 1 amide bonds. The maximum absolute atomic E-state index is 12.2. The van der Waals surface area contributed by atoms with Crippen LogP contribution in [-0.2, 0) is 11.3 Å². The number of nitrogens with two attached hydrogens (primary N) is 1. The molecule has 0 saturated heterocycles. The van der Waals surface area contributed by atoms with Crippen LogP contribution in [0.25, 0.3) is 0 Å². The molecule has 1 aliphatic carbocycles. The Morgan fingerprint density at radius 1 is 1.35 bits per heavy atom. The lowest BCUT2D eigenvalue weighted by Gasteiger charge is -2.25. The second kappa shape index (κ2) is 9.63. The van der Waals surface area contributed by atoms with Gasteiger partial charge < -0.3 is 20.5 Å². The predicted octanol–water partition coefficient (Wildman–Crippen LogP) is 2.65. The molecular formula is C17H27ClN2O3. The van der Waals surface area contributed by atoms with Gasteiger partial charge in [-0.2, -0.15) is 0 Å². The summed E-state index contributed by atoms with van der Waals surface area (Å²) in [6.45, 7) is 3.02. The molecule has 0 aliphatic heterocycles. The summed E-state index contributed by atoms with van der Waals surface area (Å²) in [5, 5.41) is 3.00. The van der Waals surface area contributed by atoms with E-state index in [9.17, 15) is 4.79 Å². The quantitative estimate of drug-likeness (QED) is 0.833. The number of benzene rings is 1. The Labute approximate surface area is 144 Å². The van der Waals surface area contributed by atoms with E-state index < -0.39 is 0 Å². The van der Waals surface area contributed by atoms with Crippen LogP contribution in [0.3, 0.4) is 0 Å². The highest BCUT2D eigenvalue weighted by atomic mass is 35.5. The summed E-state index contributed by atoms with van der Waals surface area (Å²) in [5.41, 5.74) is 6.94. The SMILES string of the molecule is CCOc1ccc(CNC(=O)C2CCCC(N)C2)cc1OC.Cl. The average molecular weight is 343 g/mol. The van der Waals surface area contributed by atoms with Crippen molar-refractivity contribution >= 4 is 18.3 Å². The minimum Gasteiger partial charge on any atom is -0.493 e. The first-order chi connectivity index (χ1) is 10.6. The number of carbonyl (C=O) groups is 1. The van der Waals surface area contributed by atoms with Crippen molar-refractivity contribution in [1.29, 1.82) is 0 Å². The zero-order valence-electron chi connectivity index (χ0n) is 13.8. The van der Waals surface area contributed by atoms with E-state index in [4.69, 9.17) is 15.2 Å². The first kappa shape index (κ1) is 19.6. The average Bonchev–Trinajstić information content (AvgIpc) is 2.53. The van der Waals surface area contributed by atoms with Gasteiger partial charge in [-0.25, -0.2) is 0 Å². The first-order valence-corrected chi connectivity index (χ1v) is 7.97. The molecule has 1 fully saturated rings. The van der Waals surface area contributed by atoms with Gasteiger partial charge in [-0.05, 0) is 43.9 Å². The molecule has 3 N–H and O–H groups in total. The topological polar surface area (TPSA) is 73.6 Å². The van der Waals surface area contributed by atoms with Gasteiger partial charge in [0.25, 0.3) is 0 Å². The Hall–Kier alpha value is -1.46. The van der Waals surface area contributed by atoms with Crippen LogP contribution in [0.1, 0.15) is 38.2 Å². The van der Waals surface area contributed by atoms with E-state index in [2.05, 4.69) is 5.32 Å². The monoisotopic (exact) mass is 342 g/mol. The fraction of sp³-hybridized carbons (Fsp3) is 0.588. The van der Waals surface area contributed by atoms with Crippen LogP contribution in [0.5, 0.6) is 11.5 Å². The van der Waals surface area contributed by atoms with Gasteiger partial charge in [0.1, 0.15) is 0 Å². The van der Waals surface area contributed by atoms with Crippen molar-refractivity contribution in [2.24, 2.45) is 11.7 Å². The number of hydrogen-bond acceptors (Lipinski definition) is 4. The third kappa shape index (κ3) is 5.59. The van der Waals surface area contributed by atoms with Gasteiger partial charge in [-0.3, -0.25) is 4.79 Å². The summed E-state index contributed by atoms with van der Waals surface area (Å²) < 4.78 is 10.8. The van der Waals surface area contributed by atoms with E-state index in [1.807, 2.05) is 25.1 Å². The van der Waals surface area contributed by atoms with Crippen LogP contribution in [0.4, 0.5) is 0 Å². The lowest BCUT2D eigenvalue weighted by molar-refractivity contribution is -0.126. The van der Waals surface area contributed by atoms with Crippen LogP contribution < -0.4 is 20.5 Å². The molecular weight excluding hydrogens is 316 g/mol. The zero-order chi connectivity index (χ0) is 15.9. The van der Waals surface area contributed by atoms with Crippen LogP contribution in [0.2, 0.25) is 0 Å². The van der Waals surface area contributed by atoms with Gasteiger partial charge in [0.15, 0.2) is 11.5 Å². The molecule has 0 aromatic heterocycles. The molecule has 2 atom stereocenters. The molecule has 1 aliphatic rings. The molecule has 6 heteroatoms. The van der Waals surface area contributed by atoms with Crippen molar-refractivity contribution in [1.82, 2.24) is 5.32 Å². The minimum atomic E-state index is 0. The second-order valence-corrected chi connectivity index (χ2v) is 5.76. The zero-order valence-corrected chi connectivity index (χ0v) is 14.7. The number of methoxy groups -OCH3 is 1. The minimum absolute atomic E-state index is 0. The molecule has 130 valence electrons. The molecule has 2 unspecified atom stereocenters.